The predicted octanol–water partition coefficient (Wildman–Crippen LogP) is 3.04. The van der Waals surface area contributed by atoms with E-state index in [0.717, 1.165) is 5.56 Å². The van der Waals surface area contributed by atoms with Crippen molar-refractivity contribution in [2.45, 2.75) is 38.6 Å². The van der Waals surface area contributed by atoms with Crippen LogP contribution >= 0.6 is 0 Å². The van der Waals surface area contributed by atoms with E-state index >= 15 is 0 Å². The molecule has 27 heavy (non-hydrogen) atoms. The van der Waals surface area contributed by atoms with Gasteiger partial charge in [0, 0.05) is 24.4 Å². The van der Waals surface area contributed by atoms with Crippen LogP contribution in [0, 0.1) is 20.8 Å². The molecule has 1 aromatic carbocycles. The summed E-state index contributed by atoms with van der Waals surface area (Å²) in [5.41, 5.74) is 2.36. The molecule has 0 radical (unpaired) electrons. The molecule has 0 aliphatic heterocycles. The Kier molecular flexibility index (Phi) is 5.07. The van der Waals surface area contributed by atoms with Gasteiger partial charge in [-0.05, 0) is 38.5 Å². The first kappa shape index (κ1) is 19.1. The van der Waals surface area contributed by atoms with Gasteiger partial charge in [-0.15, -0.1) is 10.2 Å². The molecule has 0 saturated carbocycles. The molecular weight excluding hydrogens is 368 g/mol. The molecule has 0 saturated heterocycles. The zero-order valence-electron chi connectivity index (χ0n) is 15.8. The van der Waals surface area contributed by atoms with Crippen molar-refractivity contribution in [1.29, 1.82) is 0 Å². The summed E-state index contributed by atoms with van der Waals surface area (Å²) < 4.78 is 39.6. The van der Waals surface area contributed by atoms with Crippen LogP contribution in [0.4, 0.5) is 0 Å². The molecule has 1 unspecified atom stereocenters. The van der Waals surface area contributed by atoms with Crippen molar-refractivity contribution in [2.75, 3.05) is 7.11 Å². The molecule has 144 valence electrons. The highest BCUT2D eigenvalue weighted by Gasteiger charge is 2.30. The first-order chi connectivity index (χ1) is 12.7. The fraction of sp³-hybridized carbons (Fsp3) is 0.333. The fourth-order valence-electron chi connectivity index (χ4n) is 3.00. The van der Waals surface area contributed by atoms with Gasteiger partial charge in [0.2, 0.25) is 15.9 Å². The Balaban J connectivity index is 1.97. The monoisotopic (exact) mass is 390 g/mol. The summed E-state index contributed by atoms with van der Waals surface area (Å²) in [6.45, 7) is 6.91. The highest BCUT2D eigenvalue weighted by molar-refractivity contribution is 7.89. The van der Waals surface area contributed by atoms with Crippen LogP contribution in [-0.2, 0) is 10.0 Å². The minimum Gasteiger partial charge on any atom is -0.497 e. The number of sulfonamides is 1. The molecule has 9 heteroatoms. The van der Waals surface area contributed by atoms with Crippen molar-refractivity contribution >= 4 is 10.0 Å². The molecule has 3 rings (SSSR count). The van der Waals surface area contributed by atoms with Gasteiger partial charge in [-0.2, -0.15) is 0 Å². The van der Waals surface area contributed by atoms with E-state index in [1.807, 2.05) is 12.1 Å². The number of hydrogen-bond donors (Lipinski definition) is 2. The van der Waals surface area contributed by atoms with Gasteiger partial charge in [0.25, 0.3) is 5.89 Å². The molecule has 0 bridgehead atoms. The van der Waals surface area contributed by atoms with Gasteiger partial charge in [-0.1, -0.05) is 12.1 Å². The van der Waals surface area contributed by atoms with Crippen molar-refractivity contribution in [3.8, 4) is 17.2 Å². The van der Waals surface area contributed by atoms with Crippen LogP contribution in [0.2, 0.25) is 0 Å². The average Bonchev–Trinajstić information content (AvgIpc) is 3.17. The standard InChI is InChI=1S/C18H22N4O4S/c1-10(14-6-8-15(25-5)9-7-14)22-27(23,24)17-12(3)19-11(2)16(17)18-21-20-13(4)26-18/h6-10,19,22H,1-5H3. The van der Waals surface area contributed by atoms with E-state index in [4.69, 9.17) is 9.15 Å². The second kappa shape index (κ2) is 7.16. The maximum Gasteiger partial charge on any atom is 0.250 e. The van der Waals surface area contributed by atoms with E-state index in [0.29, 0.717) is 28.6 Å². The van der Waals surface area contributed by atoms with Gasteiger partial charge in [-0.3, -0.25) is 0 Å². The minimum atomic E-state index is -3.84. The van der Waals surface area contributed by atoms with Crippen LogP contribution in [-0.4, -0.2) is 30.7 Å². The summed E-state index contributed by atoms with van der Waals surface area (Å²) in [4.78, 5) is 3.17. The smallest absolute Gasteiger partial charge is 0.250 e. The van der Waals surface area contributed by atoms with E-state index < -0.39 is 16.1 Å². The zero-order valence-corrected chi connectivity index (χ0v) is 16.6. The lowest BCUT2D eigenvalue weighted by Crippen LogP contribution is -2.27. The molecular formula is C18H22N4O4S. The van der Waals surface area contributed by atoms with Gasteiger partial charge in [0.1, 0.15) is 10.6 Å². The summed E-state index contributed by atoms with van der Waals surface area (Å²) in [6, 6.07) is 6.79. The number of methoxy groups -OCH3 is 1. The third-order valence-corrected chi connectivity index (χ3v) is 5.99. The third-order valence-electron chi connectivity index (χ3n) is 4.27. The number of benzene rings is 1. The van der Waals surface area contributed by atoms with E-state index in [1.54, 1.807) is 46.9 Å². The Labute approximate surface area is 158 Å². The summed E-state index contributed by atoms with van der Waals surface area (Å²) in [6.07, 6.45) is 0. The SMILES string of the molecule is COc1ccc(C(C)NS(=O)(=O)c2c(C)[nH]c(C)c2-c2nnc(C)o2)cc1. The number of rotatable bonds is 6. The molecule has 0 amide bonds. The molecule has 0 aliphatic carbocycles. The second-order valence-corrected chi connectivity index (χ2v) is 7.97. The van der Waals surface area contributed by atoms with Gasteiger partial charge < -0.3 is 14.1 Å². The first-order valence-electron chi connectivity index (χ1n) is 8.39. The predicted molar refractivity (Wildman–Crippen MR) is 100 cm³/mol. The number of aromatic nitrogens is 3. The lowest BCUT2D eigenvalue weighted by molar-refractivity contribution is 0.414. The molecule has 8 nitrogen and oxygen atoms in total. The summed E-state index contributed by atoms with van der Waals surface area (Å²) in [5.74, 6) is 1.25. The molecule has 0 aliphatic rings. The third kappa shape index (κ3) is 3.74. The van der Waals surface area contributed by atoms with Crippen molar-refractivity contribution in [1.82, 2.24) is 19.9 Å². The van der Waals surface area contributed by atoms with Gasteiger partial charge in [0.05, 0.1) is 12.7 Å². The molecule has 1 atom stereocenters. The van der Waals surface area contributed by atoms with E-state index in [2.05, 4.69) is 19.9 Å². The maximum absolute atomic E-state index is 13.1. The highest BCUT2D eigenvalue weighted by Crippen LogP contribution is 2.33. The van der Waals surface area contributed by atoms with Crippen LogP contribution in [0.5, 0.6) is 5.75 Å². The molecule has 0 spiro atoms. The largest absolute Gasteiger partial charge is 0.497 e. The molecule has 2 heterocycles. The normalized spacial score (nSPS) is 12.9. The van der Waals surface area contributed by atoms with E-state index in [9.17, 15) is 8.42 Å². The number of nitrogens with one attached hydrogen (secondary N) is 2. The number of hydrogen-bond acceptors (Lipinski definition) is 6. The van der Waals surface area contributed by atoms with Crippen molar-refractivity contribution < 1.29 is 17.6 Å². The summed E-state index contributed by atoms with van der Waals surface area (Å²) >= 11 is 0. The maximum atomic E-state index is 13.1. The summed E-state index contributed by atoms with van der Waals surface area (Å²) in [5, 5.41) is 7.78. The Morgan fingerprint density at radius 1 is 1.11 bits per heavy atom. The van der Waals surface area contributed by atoms with Crippen molar-refractivity contribution in [3.05, 3.63) is 47.1 Å². The number of aromatic amines is 1. The van der Waals surface area contributed by atoms with Crippen LogP contribution in [0.25, 0.3) is 11.5 Å². The Hall–Kier alpha value is -2.65. The highest BCUT2D eigenvalue weighted by atomic mass is 32.2. The lowest BCUT2D eigenvalue weighted by atomic mass is 10.1. The van der Waals surface area contributed by atoms with Gasteiger partial charge in [0.15, 0.2) is 0 Å². The van der Waals surface area contributed by atoms with E-state index in [-0.39, 0.29) is 10.8 Å². The average molecular weight is 390 g/mol. The zero-order chi connectivity index (χ0) is 19.8. The topological polar surface area (TPSA) is 110 Å². The minimum absolute atomic E-state index is 0.115. The molecule has 3 aromatic rings. The Morgan fingerprint density at radius 2 is 1.78 bits per heavy atom. The molecule has 2 aromatic heterocycles. The van der Waals surface area contributed by atoms with E-state index in [1.165, 1.54) is 0 Å². The van der Waals surface area contributed by atoms with Crippen LogP contribution in [0.1, 0.15) is 35.8 Å². The van der Waals surface area contributed by atoms with Crippen molar-refractivity contribution in [2.24, 2.45) is 0 Å². The lowest BCUT2D eigenvalue weighted by Gasteiger charge is -2.15. The Morgan fingerprint density at radius 3 is 2.33 bits per heavy atom. The number of ether oxygens (including phenoxy) is 1. The quantitative estimate of drug-likeness (QED) is 0.669. The first-order valence-corrected chi connectivity index (χ1v) is 9.87. The van der Waals surface area contributed by atoms with Crippen LogP contribution < -0.4 is 9.46 Å². The molecule has 2 N–H and O–H groups in total. The number of nitrogens with zero attached hydrogens (tertiary/aromatic N) is 2. The number of aryl methyl sites for hydroxylation is 3. The Bertz CT molecular complexity index is 1050. The summed E-state index contributed by atoms with van der Waals surface area (Å²) in [7, 11) is -2.26. The second-order valence-electron chi connectivity index (χ2n) is 6.32. The van der Waals surface area contributed by atoms with Crippen LogP contribution in [0.15, 0.2) is 33.6 Å². The molecule has 0 fully saturated rings. The van der Waals surface area contributed by atoms with Crippen molar-refractivity contribution in [3.63, 3.8) is 0 Å². The van der Waals surface area contributed by atoms with Crippen LogP contribution in [0.3, 0.4) is 0 Å². The number of H-pyrrole nitrogens is 1. The fourth-order valence-corrected chi connectivity index (χ4v) is 4.68. The van der Waals surface area contributed by atoms with Gasteiger partial charge in [-0.25, -0.2) is 13.1 Å². The van der Waals surface area contributed by atoms with Gasteiger partial charge >= 0.3 is 0 Å².